The molecule has 0 aromatic heterocycles. The average molecular weight is 500 g/mol. The molecule has 0 unspecified atom stereocenters. The molecule has 8 nitrogen and oxygen atoms in total. The molecular formula is C26H37N5O3S. The van der Waals surface area contributed by atoms with E-state index in [4.69, 9.17) is 15.5 Å². The van der Waals surface area contributed by atoms with Crippen LogP contribution in [0.25, 0.3) is 6.08 Å². The summed E-state index contributed by atoms with van der Waals surface area (Å²) in [5.41, 5.74) is 7.46. The Labute approximate surface area is 212 Å². The second-order valence-electron chi connectivity index (χ2n) is 10.1. The van der Waals surface area contributed by atoms with Crippen LogP contribution in [-0.2, 0) is 4.79 Å². The highest BCUT2D eigenvalue weighted by Gasteiger charge is 2.47. The van der Waals surface area contributed by atoms with Gasteiger partial charge in [-0.15, -0.1) is 0 Å². The molecule has 1 spiro atoms. The summed E-state index contributed by atoms with van der Waals surface area (Å²) in [4.78, 5) is 30.8. The Balaban J connectivity index is 1.36. The van der Waals surface area contributed by atoms with Crippen molar-refractivity contribution < 1.29 is 14.3 Å². The predicted molar refractivity (Wildman–Crippen MR) is 143 cm³/mol. The van der Waals surface area contributed by atoms with E-state index in [1.54, 1.807) is 26.1 Å². The molecule has 2 fully saturated rings. The lowest BCUT2D eigenvalue weighted by Crippen LogP contribution is -2.47. The smallest absolute Gasteiger partial charge is 0.318 e. The molecule has 0 radical (unpaired) electrons. The fourth-order valence-corrected chi connectivity index (χ4v) is 5.97. The molecule has 2 aliphatic heterocycles. The summed E-state index contributed by atoms with van der Waals surface area (Å²) in [7, 11) is 3.25. The SMILES string of the molecule is COc1cc(N(C)C(N)=O)cc(C)c1/C=C/SN1CCC2(CC1)N=C(C1CCC(C)CC1)NC2=O. The predicted octanol–water partition coefficient (Wildman–Crippen LogP) is 4.33. The van der Waals surface area contributed by atoms with Crippen molar-refractivity contribution in [1.29, 1.82) is 0 Å². The molecule has 3 amide bonds. The first-order valence-corrected chi connectivity index (χ1v) is 13.3. The number of hydrogen-bond acceptors (Lipinski definition) is 6. The largest absolute Gasteiger partial charge is 0.496 e. The van der Waals surface area contributed by atoms with Crippen LogP contribution in [0, 0.1) is 18.8 Å². The first-order chi connectivity index (χ1) is 16.7. The number of ether oxygens (including phenoxy) is 1. The van der Waals surface area contributed by atoms with Gasteiger partial charge in [-0.2, -0.15) is 0 Å². The standard InChI is InChI=1S/C26H37N5O3S/c1-17-5-7-19(8-6-17)23-28-24(32)26(29-23)10-12-31(13-11-26)35-14-9-21-18(2)15-20(16-22(21)34-4)30(3)25(27)33/h9,14-17,19H,5-8,10-13H2,1-4H3,(H2,27,33)(H,28,29,32)/b14-9+. The number of aliphatic imine (C=N–C) groups is 1. The first kappa shape index (κ1) is 25.6. The summed E-state index contributed by atoms with van der Waals surface area (Å²) >= 11 is 1.64. The van der Waals surface area contributed by atoms with E-state index in [-0.39, 0.29) is 5.91 Å². The number of nitrogens with zero attached hydrogens (tertiary/aromatic N) is 3. The lowest BCUT2D eigenvalue weighted by molar-refractivity contribution is -0.124. The minimum atomic E-state index is -0.582. The Morgan fingerprint density at radius 3 is 2.60 bits per heavy atom. The van der Waals surface area contributed by atoms with Gasteiger partial charge in [0.1, 0.15) is 17.1 Å². The highest BCUT2D eigenvalue weighted by molar-refractivity contribution is 8.00. The quantitative estimate of drug-likeness (QED) is 0.568. The third kappa shape index (κ3) is 5.51. The van der Waals surface area contributed by atoms with E-state index in [0.717, 1.165) is 61.7 Å². The van der Waals surface area contributed by atoms with E-state index < -0.39 is 11.6 Å². The van der Waals surface area contributed by atoms with Crippen molar-refractivity contribution in [1.82, 2.24) is 9.62 Å². The van der Waals surface area contributed by atoms with E-state index in [2.05, 4.69) is 16.5 Å². The van der Waals surface area contributed by atoms with Crippen LogP contribution in [0.2, 0.25) is 0 Å². The molecule has 1 aliphatic carbocycles. The number of aryl methyl sites for hydroxylation is 1. The van der Waals surface area contributed by atoms with Crippen LogP contribution in [0.15, 0.2) is 22.5 Å². The van der Waals surface area contributed by atoms with E-state index >= 15 is 0 Å². The molecule has 3 aliphatic rings. The monoisotopic (exact) mass is 499 g/mol. The zero-order chi connectivity index (χ0) is 25.2. The second-order valence-corrected chi connectivity index (χ2v) is 11.1. The van der Waals surface area contributed by atoms with E-state index in [9.17, 15) is 9.59 Å². The van der Waals surface area contributed by atoms with Crippen LogP contribution in [0.3, 0.4) is 0 Å². The first-order valence-electron chi connectivity index (χ1n) is 12.4. The van der Waals surface area contributed by atoms with Crippen molar-refractivity contribution in [2.24, 2.45) is 22.6 Å². The molecule has 4 rings (SSSR count). The van der Waals surface area contributed by atoms with Crippen LogP contribution in [0.1, 0.15) is 56.6 Å². The number of hydrogen-bond donors (Lipinski definition) is 2. The number of benzene rings is 1. The number of primary amides is 1. The van der Waals surface area contributed by atoms with Gasteiger partial charge in [0.05, 0.1) is 7.11 Å². The Morgan fingerprint density at radius 1 is 1.29 bits per heavy atom. The van der Waals surface area contributed by atoms with Gasteiger partial charge < -0.3 is 15.8 Å². The zero-order valence-electron chi connectivity index (χ0n) is 21.2. The molecule has 1 saturated carbocycles. The lowest BCUT2D eigenvalue weighted by Gasteiger charge is -2.34. The molecule has 1 aromatic rings. The van der Waals surface area contributed by atoms with Crippen LogP contribution >= 0.6 is 11.9 Å². The Morgan fingerprint density at radius 2 is 1.97 bits per heavy atom. The Kier molecular flexibility index (Phi) is 7.76. The van der Waals surface area contributed by atoms with Gasteiger partial charge in [-0.05, 0) is 61.6 Å². The van der Waals surface area contributed by atoms with Gasteiger partial charge in [-0.1, -0.05) is 31.7 Å². The van der Waals surface area contributed by atoms with Gasteiger partial charge in [0.2, 0.25) is 0 Å². The van der Waals surface area contributed by atoms with E-state index in [1.807, 2.05) is 30.5 Å². The number of amides is 3. The molecular weight excluding hydrogens is 462 g/mol. The molecule has 0 bridgehead atoms. The fraction of sp³-hybridized carbons (Fsp3) is 0.577. The maximum atomic E-state index is 12.9. The average Bonchev–Trinajstić information content (AvgIpc) is 3.16. The minimum Gasteiger partial charge on any atom is -0.496 e. The number of nitrogens with one attached hydrogen (secondary N) is 1. The van der Waals surface area contributed by atoms with Crippen LogP contribution in [-0.4, -0.2) is 54.9 Å². The van der Waals surface area contributed by atoms with Gasteiger partial charge >= 0.3 is 6.03 Å². The van der Waals surface area contributed by atoms with Crippen molar-refractivity contribution in [3.05, 3.63) is 28.7 Å². The number of urea groups is 1. The molecule has 1 aromatic carbocycles. The number of anilines is 1. The third-order valence-corrected chi connectivity index (χ3v) is 8.59. The number of methoxy groups -OCH3 is 1. The summed E-state index contributed by atoms with van der Waals surface area (Å²) < 4.78 is 7.85. The molecule has 1 saturated heterocycles. The lowest BCUT2D eigenvalue weighted by atomic mass is 9.82. The number of rotatable bonds is 6. The Hall–Kier alpha value is -2.52. The van der Waals surface area contributed by atoms with E-state index in [1.165, 1.54) is 17.7 Å². The number of carbonyl (C=O) groups excluding carboxylic acids is 2. The maximum absolute atomic E-state index is 12.9. The van der Waals surface area contributed by atoms with Gasteiger partial charge in [0.15, 0.2) is 0 Å². The van der Waals surface area contributed by atoms with Gasteiger partial charge in [-0.25, -0.2) is 9.10 Å². The summed E-state index contributed by atoms with van der Waals surface area (Å²) in [6.45, 7) is 5.90. The number of amidine groups is 1. The van der Waals surface area contributed by atoms with E-state index in [0.29, 0.717) is 17.4 Å². The summed E-state index contributed by atoms with van der Waals surface area (Å²) in [6.07, 6.45) is 8.21. The Bertz CT molecular complexity index is 1020. The molecule has 3 N–H and O–H groups in total. The molecule has 9 heteroatoms. The molecule has 0 atom stereocenters. The highest BCUT2D eigenvalue weighted by atomic mass is 32.2. The zero-order valence-corrected chi connectivity index (χ0v) is 22.0. The molecule has 2 heterocycles. The summed E-state index contributed by atoms with van der Waals surface area (Å²) in [5.74, 6) is 2.91. The second kappa shape index (κ2) is 10.6. The van der Waals surface area contributed by atoms with Crippen LogP contribution < -0.4 is 20.7 Å². The van der Waals surface area contributed by atoms with Crippen molar-refractivity contribution in [3.8, 4) is 5.75 Å². The fourth-order valence-electron chi connectivity index (χ4n) is 5.20. The molecule has 190 valence electrons. The van der Waals surface area contributed by atoms with Crippen molar-refractivity contribution >= 4 is 41.5 Å². The minimum absolute atomic E-state index is 0.0905. The number of piperidine rings is 1. The van der Waals surface area contributed by atoms with Gasteiger partial charge in [0, 0.05) is 43.4 Å². The summed E-state index contributed by atoms with van der Waals surface area (Å²) in [5, 5.41) is 5.19. The third-order valence-electron chi connectivity index (χ3n) is 7.67. The van der Waals surface area contributed by atoms with Gasteiger partial charge in [-0.3, -0.25) is 14.7 Å². The topological polar surface area (TPSA) is 100 Å². The van der Waals surface area contributed by atoms with Gasteiger partial charge in [0.25, 0.3) is 5.91 Å². The molecule has 35 heavy (non-hydrogen) atoms. The number of carbonyl (C=O) groups is 2. The summed E-state index contributed by atoms with van der Waals surface area (Å²) in [6, 6.07) is 3.21. The van der Waals surface area contributed by atoms with Crippen molar-refractivity contribution in [2.45, 2.75) is 57.9 Å². The van der Waals surface area contributed by atoms with Crippen LogP contribution in [0.5, 0.6) is 5.75 Å². The van der Waals surface area contributed by atoms with Crippen molar-refractivity contribution in [2.75, 3.05) is 32.1 Å². The normalized spacial score (nSPS) is 24.5. The van der Waals surface area contributed by atoms with Crippen LogP contribution in [0.4, 0.5) is 10.5 Å². The maximum Gasteiger partial charge on any atom is 0.318 e. The highest BCUT2D eigenvalue weighted by Crippen LogP contribution is 2.37. The number of nitrogens with two attached hydrogens (primary N) is 1. The van der Waals surface area contributed by atoms with Crippen molar-refractivity contribution in [3.63, 3.8) is 0 Å².